The van der Waals surface area contributed by atoms with Crippen LogP contribution in [-0.2, 0) is 19.0 Å². The molecular formula is C29H32O16. The summed E-state index contributed by atoms with van der Waals surface area (Å²) in [4.78, 5) is 25.1. The molecule has 2 saturated heterocycles. The molecule has 2 aliphatic heterocycles. The molecule has 8 N–H and O–H groups in total. The largest absolute Gasteiger partial charge is 0.508 e. The number of carbonyl (C=O) groups excluding carboxylic acids is 1. The molecule has 10 atom stereocenters. The Morgan fingerprint density at radius 1 is 0.822 bits per heavy atom. The molecule has 3 heterocycles. The average molecular weight is 637 g/mol. The average Bonchev–Trinajstić information content (AvgIpc) is 2.99. The molecule has 5 unspecified atom stereocenters. The number of esters is 1. The first kappa shape index (κ1) is 32.4. The number of fused-ring (bicyclic) bond motifs is 1. The van der Waals surface area contributed by atoms with Gasteiger partial charge in [0.1, 0.15) is 77.6 Å². The van der Waals surface area contributed by atoms with Gasteiger partial charge in [-0.1, -0.05) is 0 Å². The summed E-state index contributed by atoms with van der Waals surface area (Å²) in [5.41, 5.74) is -1.05. The Morgan fingerprint density at radius 2 is 1.44 bits per heavy atom. The number of hydrogen-bond donors (Lipinski definition) is 8. The van der Waals surface area contributed by atoms with Crippen molar-refractivity contribution in [3.63, 3.8) is 0 Å². The smallest absolute Gasteiger partial charge is 0.302 e. The Kier molecular flexibility index (Phi) is 9.20. The van der Waals surface area contributed by atoms with E-state index >= 15 is 0 Å². The highest BCUT2D eigenvalue weighted by Gasteiger charge is 2.46. The Bertz CT molecular complexity index is 1590. The minimum absolute atomic E-state index is 0.123. The van der Waals surface area contributed by atoms with E-state index in [0.29, 0.717) is 0 Å². The second-order valence-corrected chi connectivity index (χ2v) is 10.7. The number of aromatic hydroxyl groups is 2. The predicted octanol–water partition coefficient (Wildman–Crippen LogP) is -1.17. The van der Waals surface area contributed by atoms with Crippen LogP contribution < -0.4 is 14.9 Å². The monoisotopic (exact) mass is 636 g/mol. The van der Waals surface area contributed by atoms with Crippen molar-refractivity contribution < 1.29 is 73.7 Å². The van der Waals surface area contributed by atoms with E-state index in [-0.39, 0.29) is 28.4 Å². The molecule has 5 rings (SSSR count). The van der Waals surface area contributed by atoms with Crippen molar-refractivity contribution >= 4 is 16.9 Å². The minimum Gasteiger partial charge on any atom is -0.508 e. The summed E-state index contributed by atoms with van der Waals surface area (Å²) < 4.78 is 33.1. The van der Waals surface area contributed by atoms with Gasteiger partial charge in [-0.25, -0.2) is 0 Å². The highest BCUT2D eigenvalue weighted by molar-refractivity contribution is 5.88. The van der Waals surface area contributed by atoms with Gasteiger partial charge in [0, 0.05) is 24.6 Å². The van der Waals surface area contributed by atoms with Gasteiger partial charge in [-0.3, -0.25) is 9.59 Å². The number of carbonyl (C=O) groups is 1. The van der Waals surface area contributed by atoms with Crippen LogP contribution in [0.3, 0.4) is 0 Å². The molecule has 0 bridgehead atoms. The van der Waals surface area contributed by atoms with Crippen LogP contribution in [0.1, 0.15) is 13.8 Å². The fourth-order valence-corrected chi connectivity index (χ4v) is 4.95. The first-order valence-electron chi connectivity index (χ1n) is 13.8. The Hall–Kier alpha value is -4.00. The Labute approximate surface area is 253 Å². The number of aliphatic hydroxyl groups is 6. The molecule has 3 aromatic rings. The second-order valence-electron chi connectivity index (χ2n) is 10.7. The third-order valence-corrected chi connectivity index (χ3v) is 7.45. The molecule has 2 fully saturated rings. The zero-order valence-electron chi connectivity index (χ0n) is 23.8. The SMILES string of the molecule is CC(=O)OCC1O[C@@H](Oc2c(-c3ccc(O)cc3)oc3cc(O[C@@H]4OC(C)[C@H](O)[C@H](O)C4O)cc(O)c3c2=O)C(O)C(O)[C@@H]1O. The Balaban J connectivity index is 1.56. The lowest BCUT2D eigenvalue weighted by Gasteiger charge is -2.39. The molecular weight excluding hydrogens is 604 g/mol. The van der Waals surface area contributed by atoms with Crippen LogP contribution in [0.2, 0.25) is 0 Å². The van der Waals surface area contributed by atoms with Gasteiger partial charge in [0.25, 0.3) is 0 Å². The molecule has 0 radical (unpaired) electrons. The van der Waals surface area contributed by atoms with Gasteiger partial charge in [0.2, 0.25) is 23.8 Å². The lowest BCUT2D eigenvalue weighted by Crippen LogP contribution is -2.60. The van der Waals surface area contributed by atoms with E-state index in [9.17, 15) is 50.4 Å². The van der Waals surface area contributed by atoms with Gasteiger partial charge in [0.05, 0.1) is 6.10 Å². The fourth-order valence-electron chi connectivity index (χ4n) is 4.95. The van der Waals surface area contributed by atoms with E-state index in [0.717, 1.165) is 13.0 Å². The molecule has 2 aromatic carbocycles. The van der Waals surface area contributed by atoms with Crippen molar-refractivity contribution in [1.82, 2.24) is 0 Å². The van der Waals surface area contributed by atoms with Crippen LogP contribution in [0.4, 0.5) is 0 Å². The number of phenols is 2. The zero-order valence-corrected chi connectivity index (χ0v) is 23.8. The van der Waals surface area contributed by atoms with E-state index in [2.05, 4.69) is 0 Å². The van der Waals surface area contributed by atoms with E-state index in [4.69, 9.17) is 28.1 Å². The topological polar surface area (TPSA) is 255 Å². The zero-order chi connectivity index (χ0) is 32.7. The van der Waals surface area contributed by atoms with E-state index in [1.807, 2.05) is 0 Å². The maximum absolute atomic E-state index is 13.8. The highest BCUT2D eigenvalue weighted by atomic mass is 16.7. The normalized spacial score (nSPS) is 31.8. The van der Waals surface area contributed by atoms with E-state index < -0.39 is 96.3 Å². The maximum atomic E-state index is 13.8. The molecule has 0 saturated carbocycles. The molecule has 0 aliphatic carbocycles. The molecule has 16 nitrogen and oxygen atoms in total. The second kappa shape index (κ2) is 12.8. The van der Waals surface area contributed by atoms with Crippen molar-refractivity contribution in [1.29, 1.82) is 0 Å². The van der Waals surface area contributed by atoms with Crippen LogP contribution in [0, 0.1) is 0 Å². The minimum atomic E-state index is -1.90. The fraction of sp³-hybridized carbons (Fsp3) is 0.448. The van der Waals surface area contributed by atoms with Gasteiger partial charge in [-0.2, -0.15) is 0 Å². The van der Waals surface area contributed by atoms with Crippen molar-refractivity contribution in [2.24, 2.45) is 0 Å². The van der Waals surface area contributed by atoms with Gasteiger partial charge < -0.3 is 69.0 Å². The van der Waals surface area contributed by atoms with Crippen molar-refractivity contribution in [3.05, 3.63) is 46.6 Å². The van der Waals surface area contributed by atoms with Gasteiger partial charge in [0.15, 0.2) is 5.76 Å². The molecule has 0 spiro atoms. The van der Waals surface area contributed by atoms with Crippen molar-refractivity contribution in [3.8, 4) is 34.3 Å². The lowest BCUT2D eigenvalue weighted by atomic mass is 9.99. The highest BCUT2D eigenvalue weighted by Crippen LogP contribution is 2.38. The van der Waals surface area contributed by atoms with Crippen LogP contribution in [-0.4, -0.2) is 115 Å². The number of hydrogen-bond acceptors (Lipinski definition) is 16. The van der Waals surface area contributed by atoms with Crippen LogP contribution in [0.5, 0.6) is 23.0 Å². The van der Waals surface area contributed by atoms with Crippen LogP contribution in [0.15, 0.2) is 45.6 Å². The van der Waals surface area contributed by atoms with Gasteiger partial charge in [-0.15, -0.1) is 0 Å². The number of aliphatic hydroxyl groups excluding tert-OH is 6. The van der Waals surface area contributed by atoms with Crippen molar-refractivity contribution in [2.45, 2.75) is 75.3 Å². The van der Waals surface area contributed by atoms with Gasteiger partial charge >= 0.3 is 5.97 Å². The quantitative estimate of drug-likeness (QED) is 0.142. The van der Waals surface area contributed by atoms with E-state index in [1.54, 1.807) is 0 Å². The molecule has 1 aromatic heterocycles. The first-order valence-corrected chi connectivity index (χ1v) is 13.8. The summed E-state index contributed by atoms with van der Waals surface area (Å²) in [6.45, 7) is 2.04. The summed E-state index contributed by atoms with van der Waals surface area (Å²) >= 11 is 0. The standard InChI is InChI=1S/C29H32O16/c1-10-19(33)22(36)24(38)28(41-10)42-14-7-15(32)18-16(8-14)43-26(12-3-5-13(31)6-4-12)27(21(18)35)45-29-25(39)23(37)20(34)17(44-29)9-40-11(2)30/h3-8,10,17,19-20,22-25,28-29,31-34,36-39H,9H2,1-2H3/t10?,17?,19-,20+,22-,23?,24?,25?,28-,29-/m0/s1. The van der Waals surface area contributed by atoms with Crippen LogP contribution in [0.25, 0.3) is 22.3 Å². The van der Waals surface area contributed by atoms with Crippen molar-refractivity contribution in [2.75, 3.05) is 6.61 Å². The summed E-state index contributed by atoms with van der Waals surface area (Å²) in [6.07, 6.45) is -15.7. The number of phenolic OH excluding ortho intramolecular Hbond substituents is 2. The van der Waals surface area contributed by atoms with Crippen LogP contribution >= 0.6 is 0 Å². The number of benzene rings is 2. The first-order chi connectivity index (χ1) is 21.3. The summed E-state index contributed by atoms with van der Waals surface area (Å²) in [5.74, 6) is -2.55. The third-order valence-electron chi connectivity index (χ3n) is 7.45. The predicted molar refractivity (Wildman–Crippen MR) is 148 cm³/mol. The summed E-state index contributed by atoms with van der Waals surface area (Å²) in [7, 11) is 0. The Morgan fingerprint density at radius 3 is 2.09 bits per heavy atom. The molecule has 45 heavy (non-hydrogen) atoms. The van der Waals surface area contributed by atoms with E-state index in [1.165, 1.54) is 37.3 Å². The molecule has 244 valence electrons. The number of ether oxygens (including phenoxy) is 5. The summed E-state index contributed by atoms with van der Waals surface area (Å²) in [5, 5.41) is 82.0. The maximum Gasteiger partial charge on any atom is 0.302 e. The summed E-state index contributed by atoms with van der Waals surface area (Å²) in [6, 6.07) is 7.49. The third kappa shape index (κ3) is 6.40. The van der Waals surface area contributed by atoms with Gasteiger partial charge in [-0.05, 0) is 31.2 Å². The molecule has 0 amide bonds. The number of rotatable bonds is 7. The molecule has 2 aliphatic rings. The molecule has 16 heteroatoms. The lowest BCUT2D eigenvalue weighted by molar-refractivity contribution is -0.278.